The number of nitrogens with one attached hydrogen (secondary N) is 1. The second-order valence-corrected chi connectivity index (χ2v) is 6.52. The molecule has 0 amide bonds. The summed E-state index contributed by atoms with van der Waals surface area (Å²) >= 11 is 14.2. The van der Waals surface area contributed by atoms with Crippen LogP contribution < -0.4 is 10.2 Å². The number of anilines is 2. The lowest BCUT2D eigenvalue weighted by Crippen LogP contribution is -2.31. The maximum Gasteiger partial charge on any atom is 0.150 e. The Balaban J connectivity index is 2.38. The summed E-state index contributed by atoms with van der Waals surface area (Å²) in [7, 11) is 1.80. The van der Waals surface area contributed by atoms with Gasteiger partial charge in [0.2, 0.25) is 0 Å². The molecule has 2 aromatic heterocycles. The molecule has 0 fully saturated rings. The molecule has 20 heavy (non-hydrogen) atoms. The van der Waals surface area contributed by atoms with Crippen LogP contribution in [0.15, 0.2) is 23.6 Å². The van der Waals surface area contributed by atoms with Crippen LogP contribution in [0.2, 0.25) is 10.0 Å². The first kappa shape index (κ1) is 15.4. The zero-order chi connectivity index (χ0) is 14.7. The third-order valence-electron chi connectivity index (χ3n) is 2.95. The van der Waals surface area contributed by atoms with Gasteiger partial charge in [-0.15, -0.1) is 11.3 Å². The van der Waals surface area contributed by atoms with Gasteiger partial charge in [-0.05, 0) is 31.4 Å². The van der Waals surface area contributed by atoms with E-state index in [1.54, 1.807) is 24.5 Å². The Bertz CT molecular complexity index is 570. The highest BCUT2D eigenvalue weighted by atomic mass is 35.5. The predicted molar refractivity (Wildman–Crippen MR) is 89.4 cm³/mol. The second kappa shape index (κ2) is 6.66. The van der Waals surface area contributed by atoms with Gasteiger partial charge in [-0.3, -0.25) is 0 Å². The van der Waals surface area contributed by atoms with E-state index in [1.807, 2.05) is 0 Å². The van der Waals surface area contributed by atoms with Crippen molar-refractivity contribution in [3.05, 3.63) is 38.5 Å². The smallest absolute Gasteiger partial charge is 0.150 e. The average molecular weight is 330 g/mol. The third-order valence-corrected chi connectivity index (χ3v) is 4.38. The quantitative estimate of drug-likeness (QED) is 0.844. The van der Waals surface area contributed by atoms with E-state index in [4.69, 9.17) is 23.2 Å². The van der Waals surface area contributed by atoms with Crippen LogP contribution in [0.4, 0.5) is 11.6 Å². The largest absolute Gasteiger partial charge is 0.372 e. The summed E-state index contributed by atoms with van der Waals surface area (Å²) in [6, 6.07) is 6.19. The minimum Gasteiger partial charge on any atom is -0.372 e. The lowest BCUT2D eigenvalue weighted by atomic mass is 10.2. The van der Waals surface area contributed by atoms with E-state index in [0.717, 1.165) is 12.4 Å². The van der Waals surface area contributed by atoms with Crippen LogP contribution >= 0.6 is 34.5 Å². The van der Waals surface area contributed by atoms with Gasteiger partial charge in [0, 0.05) is 18.0 Å². The van der Waals surface area contributed by atoms with E-state index in [1.165, 1.54) is 4.88 Å². The number of halogens is 2. The van der Waals surface area contributed by atoms with Crippen molar-refractivity contribution in [1.82, 2.24) is 4.98 Å². The topological polar surface area (TPSA) is 28.2 Å². The lowest BCUT2D eigenvalue weighted by molar-refractivity contribution is 0.677. The first-order valence-electron chi connectivity index (χ1n) is 6.35. The fraction of sp³-hybridized carbons (Fsp3) is 0.357. The Morgan fingerprint density at radius 2 is 2.10 bits per heavy atom. The summed E-state index contributed by atoms with van der Waals surface area (Å²) in [5.41, 5.74) is 0. The number of hydrogen-bond donors (Lipinski definition) is 1. The van der Waals surface area contributed by atoms with Crippen molar-refractivity contribution >= 4 is 46.2 Å². The van der Waals surface area contributed by atoms with Crippen LogP contribution in [0.3, 0.4) is 0 Å². The molecule has 0 spiro atoms. The molecule has 0 aliphatic rings. The third kappa shape index (κ3) is 3.37. The highest BCUT2D eigenvalue weighted by molar-refractivity contribution is 7.09. The Hall–Kier alpha value is -0.970. The van der Waals surface area contributed by atoms with E-state index in [0.29, 0.717) is 15.9 Å². The lowest BCUT2D eigenvalue weighted by Gasteiger charge is -2.28. The van der Waals surface area contributed by atoms with Crippen LogP contribution in [0, 0.1) is 0 Å². The normalized spacial score (nSPS) is 10.9. The molecule has 0 aliphatic heterocycles. The predicted octanol–water partition coefficient (Wildman–Crippen LogP) is 4.91. The molecule has 2 aromatic rings. The van der Waals surface area contributed by atoms with E-state index >= 15 is 0 Å². The molecule has 2 heterocycles. The number of hydrogen-bond acceptors (Lipinski definition) is 4. The van der Waals surface area contributed by atoms with E-state index in [-0.39, 0.29) is 6.04 Å². The molecule has 108 valence electrons. The number of rotatable bonds is 5. The van der Waals surface area contributed by atoms with Gasteiger partial charge in [-0.1, -0.05) is 29.3 Å². The van der Waals surface area contributed by atoms with Crippen molar-refractivity contribution in [3.63, 3.8) is 0 Å². The molecule has 0 aliphatic carbocycles. The monoisotopic (exact) mass is 329 g/mol. The molecule has 0 atom stereocenters. The van der Waals surface area contributed by atoms with Crippen LogP contribution in [-0.4, -0.2) is 18.1 Å². The van der Waals surface area contributed by atoms with Gasteiger partial charge in [0.25, 0.3) is 0 Å². The first-order valence-corrected chi connectivity index (χ1v) is 7.99. The van der Waals surface area contributed by atoms with Gasteiger partial charge >= 0.3 is 0 Å². The Morgan fingerprint density at radius 3 is 2.65 bits per heavy atom. The van der Waals surface area contributed by atoms with Gasteiger partial charge < -0.3 is 10.2 Å². The summed E-state index contributed by atoms with van der Waals surface area (Å²) < 4.78 is 0. The molecule has 0 bridgehead atoms. The van der Waals surface area contributed by atoms with Crippen molar-refractivity contribution < 1.29 is 0 Å². The Kier molecular flexibility index (Phi) is 5.13. The van der Waals surface area contributed by atoms with Crippen molar-refractivity contribution in [2.45, 2.75) is 26.4 Å². The summed E-state index contributed by atoms with van der Waals surface area (Å²) in [5, 5.41) is 6.16. The van der Waals surface area contributed by atoms with Crippen molar-refractivity contribution in [2.24, 2.45) is 0 Å². The molecule has 2 rings (SSSR count). The maximum atomic E-state index is 6.32. The molecular formula is C14H17Cl2N3S. The molecule has 6 heteroatoms. The molecule has 0 unspecified atom stereocenters. The SMILES string of the molecule is CNc1nc(N(Cc2cccs2)C(C)C)c(Cl)cc1Cl. The molecule has 1 N–H and O–H groups in total. The molecule has 3 nitrogen and oxygen atoms in total. The van der Waals surface area contributed by atoms with Crippen LogP contribution in [-0.2, 0) is 6.54 Å². The number of pyridine rings is 1. The minimum atomic E-state index is 0.285. The molecule has 0 aromatic carbocycles. The Labute approximate surface area is 133 Å². The Morgan fingerprint density at radius 1 is 1.35 bits per heavy atom. The zero-order valence-electron chi connectivity index (χ0n) is 11.7. The van der Waals surface area contributed by atoms with E-state index < -0.39 is 0 Å². The molecule has 0 radical (unpaired) electrons. The maximum absolute atomic E-state index is 6.32. The van der Waals surface area contributed by atoms with E-state index in [2.05, 4.69) is 46.6 Å². The van der Waals surface area contributed by atoms with Crippen molar-refractivity contribution in [3.8, 4) is 0 Å². The zero-order valence-corrected chi connectivity index (χ0v) is 14.0. The summed E-state index contributed by atoms with van der Waals surface area (Å²) in [4.78, 5) is 8.00. The van der Waals surface area contributed by atoms with Crippen LogP contribution in [0.25, 0.3) is 0 Å². The fourth-order valence-corrected chi connectivity index (χ4v) is 3.17. The first-order chi connectivity index (χ1) is 9.52. The highest BCUT2D eigenvalue weighted by Gasteiger charge is 2.18. The van der Waals surface area contributed by atoms with Gasteiger partial charge in [0.1, 0.15) is 5.82 Å². The number of aromatic nitrogens is 1. The number of thiophene rings is 1. The van der Waals surface area contributed by atoms with Crippen LogP contribution in [0.1, 0.15) is 18.7 Å². The second-order valence-electron chi connectivity index (χ2n) is 4.68. The molecule has 0 saturated carbocycles. The van der Waals surface area contributed by atoms with Gasteiger partial charge in [0.05, 0.1) is 16.6 Å². The number of nitrogens with zero attached hydrogens (tertiary/aromatic N) is 2. The standard InChI is InChI=1S/C14H17Cl2N3S/c1-9(2)19(8-10-5-4-6-20-10)14-12(16)7-11(15)13(17-3)18-14/h4-7,9H,8H2,1-3H3,(H,17,18). The highest BCUT2D eigenvalue weighted by Crippen LogP contribution is 2.33. The van der Waals surface area contributed by atoms with Gasteiger partial charge in [0.15, 0.2) is 5.82 Å². The minimum absolute atomic E-state index is 0.285. The van der Waals surface area contributed by atoms with Crippen molar-refractivity contribution in [1.29, 1.82) is 0 Å². The summed E-state index contributed by atoms with van der Waals surface area (Å²) in [6.45, 7) is 5.03. The average Bonchev–Trinajstić information content (AvgIpc) is 2.89. The fourth-order valence-electron chi connectivity index (χ4n) is 1.91. The van der Waals surface area contributed by atoms with E-state index in [9.17, 15) is 0 Å². The molecular weight excluding hydrogens is 313 g/mol. The van der Waals surface area contributed by atoms with Gasteiger partial charge in [-0.2, -0.15) is 0 Å². The van der Waals surface area contributed by atoms with Crippen molar-refractivity contribution in [2.75, 3.05) is 17.3 Å². The summed E-state index contributed by atoms with van der Waals surface area (Å²) in [5.74, 6) is 1.40. The molecule has 0 saturated heterocycles. The van der Waals surface area contributed by atoms with Gasteiger partial charge in [-0.25, -0.2) is 4.98 Å². The summed E-state index contributed by atoms with van der Waals surface area (Å²) in [6.07, 6.45) is 0. The van der Waals surface area contributed by atoms with Crippen LogP contribution in [0.5, 0.6) is 0 Å².